The summed E-state index contributed by atoms with van der Waals surface area (Å²) in [6.45, 7) is 2.62. The zero-order chi connectivity index (χ0) is 12.3. The van der Waals surface area contributed by atoms with Gasteiger partial charge in [0.2, 0.25) is 0 Å². The fourth-order valence-electron chi connectivity index (χ4n) is 1.84. The highest BCUT2D eigenvalue weighted by molar-refractivity contribution is 5.64. The molecule has 4 nitrogen and oxygen atoms in total. The average Bonchev–Trinajstić information content (AvgIpc) is 2.71. The molecule has 0 unspecified atom stereocenters. The molecular weight excluding hydrogens is 214 g/mol. The molecule has 90 valence electrons. The van der Waals surface area contributed by atoms with Crippen LogP contribution < -0.4 is 10.5 Å². The molecule has 1 aromatic heterocycles. The zero-order valence-corrected chi connectivity index (χ0v) is 10.2. The molecule has 2 rings (SSSR count). The molecule has 17 heavy (non-hydrogen) atoms. The lowest BCUT2D eigenvalue weighted by atomic mass is 10.2. The Morgan fingerprint density at radius 1 is 1.35 bits per heavy atom. The van der Waals surface area contributed by atoms with Gasteiger partial charge in [-0.2, -0.15) is 0 Å². The van der Waals surface area contributed by atoms with Crippen molar-refractivity contribution in [1.82, 2.24) is 9.97 Å². The van der Waals surface area contributed by atoms with Gasteiger partial charge < -0.3 is 15.5 Å². The summed E-state index contributed by atoms with van der Waals surface area (Å²) in [5.41, 5.74) is 8.62. The molecule has 0 aliphatic rings. The highest BCUT2D eigenvalue weighted by Gasteiger charge is 2.11. The van der Waals surface area contributed by atoms with Gasteiger partial charge in [0, 0.05) is 12.1 Å². The molecule has 0 aliphatic carbocycles. The van der Waals surface area contributed by atoms with Crippen LogP contribution in [0.15, 0.2) is 24.3 Å². The van der Waals surface area contributed by atoms with Crippen LogP contribution in [0.5, 0.6) is 5.75 Å². The van der Waals surface area contributed by atoms with E-state index in [0.29, 0.717) is 6.54 Å². The van der Waals surface area contributed by atoms with E-state index in [2.05, 4.69) is 9.97 Å². The van der Waals surface area contributed by atoms with E-state index in [4.69, 9.17) is 10.5 Å². The van der Waals surface area contributed by atoms with Crippen LogP contribution in [-0.2, 0) is 6.42 Å². The molecule has 0 atom stereocenters. The van der Waals surface area contributed by atoms with Gasteiger partial charge in [0.1, 0.15) is 11.6 Å². The fraction of sp³-hybridized carbons (Fsp3) is 0.308. The summed E-state index contributed by atoms with van der Waals surface area (Å²) in [5.74, 6) is 1.66. The number of benzene rings is 1. The van der Waals surface area contributed by atoms with Gasteiger partial charge in [-0.25, -0.2) is 4.98 Å². The first-order chi connectivity index (χ1) is 8.26. The molecule has 0 spiro atoms. The number of hydrogen-bond donors (Lipinski definition) is 2. The summed E-state index contributed by atoms with van der Waals surface area (Å²) >= 11 is 0. The van der Waals surface area contributed by atoms with E-state index in [0.717, 1.165) is 34.9 Å². The second-order valence-corrected chi connectivity index (χ2v) is 3.90. The lowest BCUT2D eigenvalue weighted by molar-refractivity contribution is 0.416. The van der Waals surface area contributed by atoms with Crippen molar-refractivity contribution in [2.24, 2.45) is 5.73 Å². The topological polar surface area (TPSA) is 63.9 Å². The third-order valence-electron chi connectivity index (χ3n) is 2.73. The van der Waals surface area contributed by atoms with Crippen LogP contribution in [0.1, 0.15) is 11.4 Å². The minimum absolute atomic E-state index is 0.608. The molecule has 1 heterocycles. The summed E-state index contributed by atoms with van der Waals surface area (Å²) in [4.78, 5) is 7.84. The summed E-state index contributed by atoms with van der Waals surface area (Å²) in [5, 5.41) is 0. The van der Waals surface area contributed by atoms with Crippen molar-refractivity contribution >= 4 is 0 Å². The van der Waals surface area contributed by atoms with Gasteiger partial charge in [-0.3, -0.25) is 0 Å². The first kappa shape index (κ1) is 11.7. The Kier molecular flexibility index (Phi) is 3.44. The predicted molar refractivity (Wildman–Crippen MR) is 68.1 cm³/mol. The number of imidazole rings is 1. The number of nitrogens with zero attached hydrogens (tertiary/aromatic N) is 1. The van der Waals surface area contributed by atoms with E-state index >= 15 is 0 Å². The van der Waals surface area contributed by atoms with Crippen LogP contribution in [0.25, 0.3) is 11.4 Å². The number of rotatable bonds is 4. The number of methoxy groups -OCH3 is 1. The average molecular weight is 231 g/mol. The summed E-state index contributed by atoms with van der Waals surface area (Å²) in [6, 6.07) is 7.83. The largest absolute Gasteiger partial charge is 0.496 e. The third-order valence-corrected chi connectivity index (χ3v) is 2.73. The van der Waals surface area contributed by atoms with Crippen molar-refractivity contribution in [2.45, 2.75) is 13.3 Å². The van der Waals surface area contributed by atoms with Crippen molar-refractivity contribution in [2.75, 3.05) is 13.7 Å². The molecule has 0 radical (unpaired) electrons. The Labute approximate surface area is 101 Å². The molecule has 3 N–H and O–H groups in total. The summed E-state index contributed by atoms with van der Waals surface area (Å²) in [7, 11) is 1.66. The van der Waals surface area contributed by atoms with Gasteiger partial charge in [-0.1, -0.05) is 12.1 Å². The molecule has 4 heteroatoms. The second kappa shape index (κ2) is 5.01. The van der Waals surface area contributed by atoms with E-state index < -0.39 is 0 Å². The summed E-state index contributed by atoms with van der Waals surface area (Å²) < 4.78 is 5.32. The number of H-pyrrole nitrogens is 1. The SMILES string of the molecule is COc1ccccc1-c1nc(CCN)c(C)[nH]1. The van der Waals surface area contributed by atoms with Gasteiger partial charge in [0.05, 0.1) is 18.4 Å². The fourth-order valence-corrected chi connectivity index (χ4v) is 1.84. The molecule has 0 saturated carbocycles. The number of nitrogens with two attached hydrogens (primary N) is 1. The number of nitrogens with one attached hydrogen (secondary N) is 1. The Morgan fingerprint density at radius 3 is 2.82 bits per heavy atom. The lowest BCUT2D eigenvalue weighted by Crippen LogP contribution is -2.03. The summed E-state index contributed by atoms with van der Waals surface area (Å²) in [6.07, 6.45) is 0.789. The van der Waals surface area contributed by atoms with E-state index in [1.165, 1.54) is 0 Å². The number of aromatic nitrogens is 2. The van der Waals surface area contributed by atoms with Crippen molar-refractivity contribution in [3.63, 3.8) is 0 Å². The van der Waals surface area contributed by atoms with Crippen LogP contribution in [0.4, 0.5) is 0 Å². The van der Waals surface area contributed by atoms with Crippen molar-refractivity contribution < 1.29 is 4.74 Å². The molecular formula is C13H17N3O. The minimum Gasteiger partial charge on any atom is -0.496 e. The molecule has 2 aromatic rings. The van der Waals surface area contributed by atoms with Crippen molar-refractivity contribution in [3.05, 3.63) is 35.7 Å². The van der Waals surface area contributed by atoms with E-state index in [1.807, 2.05) is 31.2 Å². The Hall–Kier alpha value is -1.81. The van der Waals surface area contributed by atoms with Gasteiger partial charge in [-0.15, -0.1) is 0 Å². The van der Waals surface area contributed by atoms with Gasteiger partial charge in [0.25, 0.3) is 0 Å². The maximum Gasteiger partial charge on any atom is 0.141 e. The number of hydrogen-bond acceptors (Lipinski definition) is 3. The molecule has 1 aromatic carbocycles. The lowest BCUT2D eigenvalue weighted by Gasteiger charge is -2.04. The van der Waals surface area contributed by atoms with E-state index in [9.17, 15) is 0 Å². The number of aryl methyl sites for hydroxylation is 1. The zero-order valence-electron chi connectivity index (χ0n) is 10.2. The molecule has 0 aliphatic heterocycles. The smallest absolute Gasteiger partial charge is 0.141 e. The molecule has 0 fully saturated rings. The highest BCUT2D eigenvalue weighted by Crippen LogP contribution is 2.27. The maximum atomic E-state index is 5.55. The maximum absolute atomic E-state index is 5.55. The van der Waals surface area contributed by atoms with Crippen LogP contribution >= 0.6 is 0 Å². The van der Waals surface area contributed by atoms with Gasteiger partial charge >= 0.3 is 0 Å². The quantitative estimate of drug-likeness (QED) is 0.844. The monoisotopic (exact) mass is 231 g/mol. The third kappa shape index (κ3) is 2.31. The normalized spacial score (nSPS) is 10.5. The van der Waals surface area contributed by atoms with Crippen molar-refractivity contribution in [3.8, 4) is 17.1 Å². The number of para-hydroxylation sites is 1. The predicted octanol–water partition coefficient (Wildman–Crippen LogP) is 1.89. The van der Waals surface area contributed by atoms with Gasteiger partial charge in [-0.05, 0) is 25.6 Å². The van der Waals surface area contributed by atoms with Gasteiger partial charge in [0.15, 0.2) is 0 Å². The van der Waals surface area contributed by atoms with Crippen LogP contribution in [-0.4, -0.2) is 23.6 Å². The first-order valence-corrected chi connectivity index (χ1v) is 5.65. The van der Waals surface area contributed by atoms with Crippen LogP contribution in [0.2, 0.25) is 0 Å². The number of aromatic amines is 1. The minimum atomic E-state index is 0.608. The van der Waals surface area contributed by atoms with E-state index in [1.54, 1.807) is 7.11 Å². The van der Waals surface area contributed by atoms with Crippen LogP contribution in [0, 0.1) is 6.92 Å². The highest BCUT2D eigenvalue weighted by atomic mass is 16.5. The van der Waals surface area contributed by atoms with E-state index in [-0.39, 0.29) is 0 Å². The van der Waals surface area contributed by atoms with Crippen molar-refractivity contribution in [1.29, 1.82) is 0 Å². The molecule has 0 amide bonds. The standard InChI is InChI=1S/C13H17N3O/c1-9-11(7-8-14)16-13(15-9)10-5-3-4-6-12(10)17-2/h3-6H,7-8,14H2,1-2H3,(H,15,16). The van der Waals surface area contributed by atoms with Crippen LogP contribution in [0.3, 0.4) is 0 Å². The molecule has 0 bridgehead atoms. The first-order valence-electron chi connectivity index (χ1n) is 5.65. The second-order valence-electron chi connectivity index (χ2n) is 3.90. The number of ether oxygens (including phenoxy) is 1. The Bertz CT molecular complexity index is 505. The molecule has 0 saturated heterocycles. The Balaban J connectivity index is 2.42. The Morgan fingerprint density at radius 2 is 2.12 bits per heavy atom.